The molecule has 0 spiro atoms. The molecular weight excluding hydrogens is 278 g/mol. The summed E-state index contributed by atoms with van der Waals surface area (Å²) in [6, 6.07) is 5.14. The van der Waals surface area contributed by atoms with Crippen LogP contribution in [0.3, 0.4) is 0 Å². The summed E-state index contributed by atoms with van der Waals surface area (Å²) >= 11 is 0. The van der Waals surface area contributed by atoms with Crippen molar-refractivity contribution in [2.75, 3.05) is 35.2 Å². The van der Waals surface area contributed by atoms with E-state index in [0.29, 0.717) is 36.0 Å². The fourth-order valence-corrected chi connectivity index (χ4v) is 2.35. The monoisotopic (exact) mass is 299 g/mol. The van der Waals surface area contributed by atoms with Crippen molar-refractivity contribution in [3.63, 3.8) is 0 Å². The molecule has 1 aromatic rings. The van der Waals surface area contributed by atoms with E-state index in [-0.39, 0.29) is 5.69 Å². The molecule has 20 heavy (non-hydrogen) atoms. The molecule has 0 fully saturated rings. The van der Waals surface area contributed by atoms with Crippen molar-refractivity contribution >= 4 is 27.9 Å². The number of benzene rings is 1. The lowest BCUT2D eigenvalue weighted by Crippen LogP contribution is -2.13. The first kappa shape index (κ1) is 16.4. The molecule has 0 aliphatic rings. The van der Waals surface area contributed by atoms with E-state index >= 15 is 0 Å². The zero-order chi connectivity index (χ0) is 15.0. The van der Waals surface area contributed by atoms with Crippen LogP contribution >= 0.6 is 0 Å². The van der Waals surface area contributed by atoms with Crippen LogP contribution in [0.2, 0.25) is 0 Å². The first-order valence-electron chi connectivity index (χ1n) is 6.70. The first-order chi connectivity index (χ1) is 9.60. The quantitative estimate of drug-likeness (QED) is 0.541. The molecule has 1 rings (SSSR count). The second-order valence-corrected chi connectivity index (χ2v) is 6.11. The van der Waals surface area contributed by atoms with E-state index in [1.807, 2.05) is 13.8 Å². The van der Waals surface area contributed by atoms with Crippen LogP contribution in [0.1, 0.15) is 20.3 Å². The number of nitro benzene ring substituents is 1. The fourth-order valence-electron chi connectivity index (χ4n) is 1.73. The highest BCUT2D eigenvalue weighted by Crippen LogP contribution is 2.32. The van der Waals surface area contributed by atoms with Crippen LogP contribution in [0, 0.1) is 10.1 Å². The minimum Gasteiger partial charge on any atom is -0.379 e. The van der Waals surface area contributed by atoms with Crippen LogP contribution in [0.25, 0.3) is 0 Å². The molecule has 7 heteroatoms. The predicted octanol–water partition coefficient (Wildman–Crippen LogP) is 2.60. The number of hydrogen-bond donors (Lipinski definition) is 2. The standard InChI is InChI=1S/C13H21N3O3S/c1-3-8-14-11-6-5-7-12(13(11)16(17)18)15-9-10-20(19)4-2/h5-7,14-15H,3-4,8-10H2,1-2H3. The van der Waals surface area contributed by atoms with E-state index < -0.39 is 15.7 Å². The lowest BCUT2D eigenvalue weighted by Gasteiger charge is -2.11. The molecule has 0 saturated heterocycles. The molecule has 0 bridgehead atoms. The number of nitrogens with one attached hydrogen (secondary N) is 2. The maximum Gasteiger partial charge on any atom is 0.315 e. The fraction of sp³-hybridized carbons (Fsp3) is 0.538. The van der Waals surface area contributed by atoms with Gasteiger partial charge in [0.15, 0.2) is 0 Å². The van der Waals surface area contributed by atoms with Gasteiger partial charge in [-0.25, -0.2) is 0 Å². The number of anilines is 2. The second kappa shape index (κ2) is 8.52. The first-order valence-corrected chi connectivity index (χ1v) is 8.19. The minimum atomic E-state index is -0.876. The normalized spacial score (nSPS) is 11.9. The average molecular weight is 299 g/mol. The van der Waals surface area contributed by atoms with E-state index in [4.69, 9.17) is 0 Å². The van der Waals surface area contributed by atoms with Gasteiger partial charge in [-0.1, -0.05) is 19.9 Å². The lowest BCUT2D eigenvalue weighted by atomic mass is 10.2. The third-order valence-electron chi connectivity index (χ3n) is 2.75. The second-order valence-electron chi connectivity index (χ2n) is 4.25. The van der Waals surface area contributed by atoms with Crippen molar-refractivity contribution in [2.45, 2.75) is 20.3 Å². The highest BCUT2D eigenvalue weighted by atomic mass is 32.2. The van der Waals surface area contributed by atoms with Gasteiger partial charge < -0.3 is 10.6 Å². The molecule has 1 unspecified atom stereocenters. The van der Waals surface area contributed by atoms with Gasteiger partial charge in [0.05, 0.1) is 4.92 Å². The summed E-state index contributed by atoms with van der Waals surface area (Å²) in [5, 5.41) is 17.3. The Balaban J connectivity index is 2.83. The Hall–Kier alpha value is -1.63. The van der Waals surface area contributed by atoms with Crippen molar-refractivity contribution in [1.29, 1.82) is 0 Å². The lowest BCUT2D eigenvalue weighted by molar-refractivity contribution is -0.383. The Labute approximate surface area is 121 Å². The van der Waals surface area contributed by atoms with Crippen LogP contribution in [0.15, 0.2) is 18.2 Å². The van der Waals surface area contributed by atoms with Crippen molar-refractivity contribution in [3.8, 4) is 0 Å². The SMILES string of the molecule is CCCNc1cccc(NCCS(=O)CC)c1[N+](=O)[O-]. The summed E-state index contributed by atoms with van der Waals surface area (Å²) in [7, 11) is -0.876. The summed E-state index contributed by atoms with van der Waals surface area (Å²) in [6.07, 6.45) is 0.893. The number of rotatable bonds is 9. The molecule has 1 atom stereocenters. The summed E-state index contributed by atoms with van der Waals surface area (Å²) < 4.78 is 11.4. The highest BCUT2D eigenvalue weighted by Gasteiger charge is 2.19. The van der Waals surface area contributed by atoms with Gasteiger partial charge in [0, 0.05) is 35.4 Å². The van der Waals surface area contributed by atoms with E-state index in [1.165, 1.54) is 0 Å². The molecule has 0 aliphatic heterocycles. The van der Waals surface area contributed by atoms with Gasteiger partial charge in [0.2, 0.25) is 0 Å². The summed E-state index contributed by atoms with van der Waals surface area (Å²) in [4.78, 5) is 10.8. The third kappa shape index (κ3) is 4.80. The van der Waals surface area contributed by atoms with Crippen molar-refractivity contribution in [1.82, 2.24) is 0 Å². The van der Waals surface area contributed by atoms with Gasteiger partial charge in [-0.05, 0) is 18.6 Å². The van der Waals surface area contributed by atoms with E-state index in [0.717, 1.165) is 6.42 Å². The molecule has 0 heterocycles. The Bertz CT molecular complexity index is 480. The van der Waals surface area contributed by atoms with Gasteiger partial charge >= 0.3 is 5.69 Å². The maximum atomic E-state index is 11.4. The van der Waals surface area contributed by atoms with Crippen molar-refractivity contribution in [3.05, 3.63) is 28.3 Å². The molecule has 6 nitrogen and oxygen atoms in total. The van der Waals surface area contributed by atoms with Crippen LogP contribution in [-0.4, -0.2) is 33.7 Å². The van der Waals surface area contributed by atoms with E-state index in [2.05, 4.69) is 10.6 Å². The largest absolute Gasteiger partial charge is 0.379 e. The molecule has 2 N–H and O–H groups in total. The summed E-state index contributed by atoms with van der Waals surface area (Å²) in [5.74, 6) is 1.09. The van der Waals surface area contributed by atoms with E-state index in [1.54, 1.807) is 18.2 Å². The summed E-state index contributed by atoms with van der Waals surface area (Å²) in [5.41, 5.74) is 1.02. The molecule has 0 radical (unpaired) electrons. The predicted molar refractivity (Wildman–Crippen MR) is 83.9 cm³/mol. The van der Waals surface area contributed by atoms with Crippen LogP contribution in [0.5, 0.6) is 0 Å². The van der Waals surface area contributed by atoms with Gasteiger partial charge in [-0.3, -0.25) is 14.3 Å². The molecule has 112 valence electrons. The highest BCUT2D eigenvalue weighted by molar-refractivity contribution is 7.84. The van der Waals surface area contributed by atoms with E-state index in [9.17, 15) is 14.3 Å². The van der Waals surface area contributed by atoms with Gasteiger partial charge in [-0.15, -0.1) is 0 Å². The minimum absolute atomic E-state index is 0.0447. The number of para-hydroxylation sites is 1. The zero-order valence-electron chi connectivity index (χ0n) is 11.8. The van der Waals surface area contributed by atoms with Gasteiger partial charge in [0.1, 0.15) is 11.4 Å². The number of nitro groups is 1. The molecular formula is C13H21N3O3S. The smallest absolute Gasteiger partial charge is 0.315 e. The molecule has 1 aromatic carbocycles. The number of nitrogens with zero attached hydrogens (tertiary/aromatic N) is 1. The third-order valence-corrected chi connectivity index (χ3v) is 4.05. The molecule has 0 aliphatic carbocycles. The molecule has 0 amide bonds. The Morgan fingerprint density at radius 1 is 1.20 bits per heavy atom. The Morgan fingerprint density at radius 2 is 1.80 bits per heavy atom. The van der Waals surface area contributed by atoms with Gasteiger partial charge in [0.25, 0.3) is 0 Å². The topological polar surface area (TPSA) is 84.3 Å². The average Bonchev–Trinajstić information content (AvgIpc) is 2.44. The Kier molecular flexibility index (Phi) is 7.00. The van der Waals surface area contributed by atoms with Crippen molar-refractivity contribution < 1.29 is 9.13 Å². The van der Waals surface area contributed by atoms with Crippen LogP contribution in [0.4, 0.5) is 17.1 Å². The summed E-state index contributed by atoms with van der Waals surface area (Å²) in [6.45, 7) is 5.00. The van der Waals surface area contributed by atoms with Crippen LogP contribution < -0.4 is 10.6 Å². The van der Waals surface area contributed by atoms with Crippen LogP contribution in [-0.2, 0) is 10.8 Å². The number of hydrogen-bond acceptors (Lipinski definition) is 5. The molecule has 0 saturated carbocycles. The zero-order valence-corrected chi connectivity index (χ0v) is 12.7. The van der Waals surface area contributed by atoms with Crippen molar-refractivity contribution in [2.24, 2.45) is 0 Å². The Morgan fingerprint density at radius 3 is 2.30 bits per heavy atom. The maximum absolute atomic E-state index is 11.4. The van der Waals surface area contributed by atoms with Gasteiger partial charge in [-0.2, -0.15) is 0 Å². The molecule has 0 aromatic heterocycles.